The fourth-order valence-corrected chi connectivity index (χ4v) is 3.60. The summed E-state index contributed by atoms with van der Waals surface area (Å²) in [7, 11) is 0. The third kappa shape index (κ3) is 4.42. The quantitative estimate of drug-likeness (QED) is 0.653. The van der Waals surface area contributed by atoms with Crippen molar-refractivity contribution in [2.45, 2.75) is 19.3 Å². The summed E-state index contributed by atoms with van der Waals surface area (Å²) in [5, 5.41) is 4.14. The summed E-state index contributed by atoms with van der Waals surface area (Å²) in [5.41, 5.74) is 3.12. The predicted molar refractivity (Wildman–Crippen MR) is 110 cm³/mol. The van der Waals surface area contributed by atoms with Crippen molar-refractivity contribution in [3.05, 3.63) is 72.5 Å². The summed E-state index contributed by atoms with van der Waals surface area (Å²) in [6, 6.07) is 22.3. The van der Waals surface area contributed by atoms with Crippen LogP contribution in [0.5, 0.6) is 0 Å². The number of para-hydroxylation sites is 1. The number of anilines is 1. The minimum Gasteiger partial charge on any atom is -0.368 e. The van der Waals surface area contributed by atoms with Gasteiger partial charge < -0.3 is 14.3 Å². The second-order valence-corrected chi connectivity index (χ2v) is 7.10. The maximum Gasteiger partial charge on any atom is 0.222 e. The molecule has 0 bridgehead atoms. The molecular formula is C23H25N3O2. The van der Waals surface area contributed by atoms with E-state index in [0.717, 1.165) is 56.0 Å². The van der Waals surface area contributed by atoms with Crippen LogP contribution >= 0.6 is 0 Å². The minimum atomic E-state index is 0.232. The molecule has 3 aromatic rings. The second kappa shape index (κ2) is 8.74. The predicted octanol–water partition coefficient (Wildman–Crippen LogP) is 4.01. The fourth-order valence-electron chi connectivity index (χ4n) is 3.60. The van der Waals surface area contributed by atoms with Crippen LogP contribution in [0.15, 0.2) is 71.3 Å². The Balaban J connectivity index is 1.22. The minimum absolute atomic E-state index is 0.232. The average Bonchev–Trinajstić information content (AvgIpc) is 3.24. The van der Waals surface area contributed by atoms with Crippen molar-refractivity contribution in [1.82, 2.24) is 10.1 Å². The van der Waals surface area contributed by atoms with Crippen molar-refractivity contribution in [2.24, 2.45) is 0 Å². The van der Waals surface area contributed by atoms with E-state index in [0.29, 0.717) is 6.42 Å². The highest BCUT2D eigenvalue weighted by atomic mass is 16.5. The summed E-state index contributed by atoms with van der Waals surface area (Å²) in [6.45, 7) is 3.35. The topological polar surface area (TPSA) is 49.6 Å². The first kappa shape index (κ1) is 18.3. The van der Waals surface area contributed by atoms with Gasteiger partial charge in [-0.1, -0.05) is 53.7 Å². The van der Waals surface area contributed by atoms with Crippen LogP contribution in [0.4, 0.5) is 5.69 Å². The van der Waals surface area contributed by atoms with Gasteiger partial charge >= 0.3 is 0 Å². The molecule has 5 heteroatoms. The summed E-state index contributed by atoms with van der Waals surface area (Å²) in [4.78, 5) is 16.8. The largest absolute Gasteiger partial charge is 0.368 e. The van der Waals surface area contributed by atoms with E-state index in [-0.39, 0.29) is 5.91 Å². The Labute approximate surface area is 165 Å². The number of hydrogen-bond donors (Lipinski definition) is 0. The van der Waals surface area contributed by atoms with Crippen LogP contribution in [0.3, 0.4) is 0 Å². The average molecular weight is 375 g/mol. The van der Waals surface area contributed by atoms with Gasteiger partial charge in [-0.2, -0.15) is 0 Å². The molecule has 1 amide bonds. The Morgan fingerprint density at radius 3 is 2.32 bits per heavy atom. The summed E-state index contributed by atoms with van der Waals surface area (Å²) < 4.78 is 5.43. The molecular weight excluding hydrogens is 350 g/mol. The zero-order valence-electron chi connectivity index (χ0n) is 16.0. The molecule has 0 saturated carbocycles. The molecule has 0 atom stereocenters. The van der Waals surface area contributed by atoms with E-state index in [1.807, 2.05) is 47.4 Å². The highest BCUT2D eigenvalue weighted by Crippen LogP contribution is 2.20. The van der Waals surface area contributed by atoms with Crippen molar-refractivity contribution in [3.63, 3.8) is 0 Å². The molecule has 1 fully saturated rings. The third-order valence-electron chi connectivity index (χ3n) is 5.20. The zero-order valence-corrected chi connectivity index (χ0v) is 16.0. The maximum atomic E-state index is 12.5. The van der Waals surface area contributed by atoms with Gasteiger partial charge in [0.25, 0.3) is 0 Å². The lowest BCUT2D eigenvalue weighted by molar-refractivity contribution is -0.131. The Morgan fingerprint density at radius 1 is 0.929 bits per heavy atom. The van der Waals surface area contributed by atoms with Crippen LogP contribution in [0, 0.1) is 0 Å². The number of aromatic nitrogens is 1. The van der Waals surface area contributed by atoms with E-state index in [1.165, 1.54) is 5.69 Å². The number of rotatable bonds is 6. The van der Waals surface area contributed by atoms with E-state index < -0.39 is 0 Å². The van der Waals surface area contributed by atoms with Crippen LogP contribution in [0.25, 0.3) is 11.3 Å². The number of piperazine rings is 1. The maximum absolute atomic E-state index is 12.5. The SMILES string of the molecule is O=C(CCCc1cc(-c2ccccc2)no1)N1CCN(c2ccccc2)CC1. The first-order valence-corrected chi connectivity index (χ1v) is 9.88. The lowest BCUT2D eigenvalue weighted by Gasteiger charge is -2.36. The summed E-state index contributed by atoms with van der Waals surface area (Å²) in [6.07, 6.45) is 2.06. The first-order chi connectivity index (χ1) is 13.8. The number of amides is 1. The number of carbonyl (C=O) groups is 1. The lowest BCUT2D eigenvalue weighted by atomic mass is 10.1. The Morgan fingerprint density at radius 2 is 1.61 bits per heavy atom. The molecule has 1 saturated heterocycles. The van der Waals surface area contributed by atoms with Gasteiger partial charge in [0.1, 0.15) is 11.5 Å². The first-order valence-electron chi connectivity index (χ1n) is 9.88. The van der Waals surface area contributed by atoms with Crippen molar-refractivity contribution < 1.29 is 9.32 Å². The van der Waals surface area contributed by atoms with E-state index in [9.17, 15) is 4.79 Å². The molecule has 0 spiro atoms. The van der Waals surface area contributed by atoms with E-state index in [2.05, 4.69) is 34.3 Å². The van der Waals surface area contributed by atoms with Gasteiger partial charge in [-0.3, -0.25) is 4.79 Å². The van der Waals surface area contributed by atoms with Crippen LogP contribution in [-0.2, 0) is 11.2 Å². The van der Waals surface area contributed by atoms with Crippen LogP contribution in [0.1, 0.15) is 18.6 Å². The molecule has 1 aliphatic rings. The molecule has 2 heterocycles. The van der Waals surface area contributed by atoms with Crippen molar-refractivity contribution in [1.29, 1.82) is 0 Å². The zero-order chi connectivity index (χ0) is 19.2. The van der Waals surface area contributed by atoms with Gasteiger partial charge in [-0.15, -0.1) is 0 Å². The van der Waals surface area contributed by atoms with Crippen molar-refractivity contribution >= 4 is 11.6 Å². The summed E-state index contributed by atoms with van der Waals surface area (Å²) >= 11 is 0. The molecule has 0 N–H and O–H groups in total. The molecule has 5 nitrogen and oxygen atoms in total. The fraction of sp³-hybridized carbons (Fsp3) is 0.304. The van der Waals surface area contributed by atoms with E-state index in [1.54, 1.807) is 0 Å². The molecule has 144 valence electrons. The Kier molecular flexibility index (Phi) is 5.71. The molecule has 28 heavy (non-hydrogen) atoms. The van der Waals surface area contributed by atoms with E-state index >= 15 is 0 Å². The molecule has 0 unspecified atom stereocenters. The van der Waals surface area contributed by atoms with Gasteiger partial charge in [-0.25, -0.2) is 0 Å². The number of benzene rings is 2. The molecule has 0 radical (unpaired) electrons. The smallest absolute Gasteiger partial charge is 0.222 e. The number of carbonyl (C=O) groups excluding carboxylic acids is 1. The van der Waals surface area contributed by atoms with Gasteiger partial charge in [-0.05, 0) is 18.6 Å². The molecule has 1 aromatic heterocycles. The number of nitrogens with zero attached hydrogens (tertiary/aromatic N) is 3. The standard InChI is InChI=1S/C23H25N3O2/c27-23(26-16-14-25(15-17-26)20-10-5-2-6-11-20)13-7-12-21-18-22(24-28-21)19-8-3-1-4-9-19/h1-6,8-11,18H,7,12-17H2. The molecule has 4 rings (SSSR count). The van der Waals surface area contributed by atoms with Gasteiger partial charge in [0.05, 0.1) is 0 Å². The normalized spacial score (nSPS) is 14.3. The molecule has 0 aliphatic carbocycles. The summed E-state index contributed by atoms with van der Waals surface area (Å²) in [5.74, 6) is 1.07. The van der Waals surface area contributed by atoms with E-state index in [4.69, 9.17) is 4.52 Å². The molecule has 2 aromatic carbocycles. The monoisotopic (exact) mass is 375 g/mol. The third-order valence-corrected chi connectivity index (χ3v) is 5.20. The van der Waals surface area contributed by atoms with Crippen LogP contribution < -0.4 is 4.90 Å². The number of hydrogen-bond acceptors (Lipinski definition) is 4. The Hall–Kier alpha value is -3.08. The highest BCUT2D eigenvalue weighted by Gasteiger charge is 2.21. The van der Waals surface area contributed by atoms with Crippen molar-refractivity contribution in [2.75, 3.05) is 31.1 Å². The van der Waals surface area contributed by atoms with Gasteiger partial charge in [0.2, 0.25) is 5.91 Å². The molecule has 1 aliphatic heterocycles. The highest BCUT2D eigenvalue weighted by molar-refractivity contribution is 5.76. The lowest BCUT2D eigenvalue weighted by Crippen LogP contribution is -2.48. The Bertz CT molecular complexity index is 884. The van der Waals surface area contributed by atoms with Crippen molar-refractivity contribution in [3.8, 4) is 11.3 Å². The van der Waals surface area contributed by atoms with Crippen LogP contribution in [-0.4, -0.2) is 42.1 Å². The van der Waals surface area contributed by atoms with Gasteiger partial charge in [0, 0.05) is 56.3 Å². The second-order valence-electron chi connectivity index (χ2n) is 7.10. The van der Waals surface area contributed by atoms with Gasteiger partial charge in [0.15, 0.2) is 0 Å². The number of aryl methyl sites for hydroxylation is 1. The van der Waals surface area contributed by atoms with Crippen LogP contribution in [0.2, 0.25) is 0 Å².